The number of benzene rings is 4. The van der Waals surface area contributed by atoms with Crippen molar-refractivity contribution in [2.45, 2.75) is 0 Å². The molecule has 0 fully saturated rings. The van der Waals surface area contributed by atoms with Gasteiger partial charge in [0.2, 0.25) is 0 Å². The maximum atomic E-state index is 17.2. The maximum Gasteiger partial charge on any atom is 0.812 e. The average molecular weight is 760 g/mol. The average Bonchev–Trinajstić information content (AvgIpc) is 3.22. The minimum Gasteiger partial charge on any atom is -0.509 e. The molecule has 20 heteroatoms. The Labute approximate surface area is 313 Å². The summed E-state index contributed by atoms with van der Waals surface area (Å²) >= 11 is 1.08. The van der Waals surface area contributed by atoms with Gasteiger partial charge in [0, 0.05) is 22.3 Å². The van der Waals surface area contributed by atoms with Crippen molar-refractivity contribution in [3.8, 4) is 12.1 Å². The predicted molar refractivity (Wildman–Crippen MR) is 200 cm³/mol. The highest BCUT2D eigenvalue weighted by Crippen LogP contribution is 2.38. The molecule has 4 aliphatic heterocycles. The van der Waals surface area contributed by atoms with E-state index in [1.54, 1.807) is 121 Å². The summed E-state index contributed by atoms with van der Waals surface area (Å²) in [6.45, 7) is 0. The first kappa shape index (κ1) is 35.5. The Bertz CT molecular complexity index is 2080. The van der Waals surface area contributed by atoms with Gasteiger partial charge in [0.15, 0.2) is 10.1 Å². The number of rotatable bonds is 4. The number of hydrogen-bond acceptors (Lipinski definition) is 16. The van der Waals surface area contributed by atoms with E-state index in [0.717, 1.165) is 0 Å². The number of allylic oxidation sites excluding steroid dienone is 2. The van der Waals surface area contributed by atoms with Gasteiger partial charge in [-0.3, -0.25) is 0 Å². The third-order valence-electron chi connectivity index (χ3n) is 7.23. The Hall–Kier alpha value is -6.89. The van der Waals surface area contributed by atoms with Gasteiger partial charge in [0.25, 0.3) is 0 Å². The van der Waals surface area contributed by atoms with Gasteiger partial charge in [-0.15, -0.1) is 30.9 Å². The number of thioether (sulfide) groups is 2. The van der Waals surface area contributed by atoms with Crippen LogP contribution in [0.5, 0.6) is 0 Å². The lowest BCUT2D eigenvalue weighted by Crippen LogP contribution is -2.41. The van der Waals surface area contributed by atoms with Gasteiger partial charge in [-0.25, -0.2) is 0 Å². The van der Waals surface area contributed by atoms with Crippen LogP contribution in [0.2, 0.25) is 0 Å². The molecule has 4 aromatic rings. The smallest absolute Gasteiger partial charge is 0.509 e. The minimum absolute atomic E-state index is 0.155. The van der Waals surface area contributed by atoms with Crippen molar-refractivity contribution < 1.29 is 37.2 Å². The summed E-state index contributed by atoms with van der Waals surface area (Å²) in [5, 5.41) is 42.5. The van der Waals surface area contributed by atoms with Crippen molar-refractivity contribution in [1.29, 1.82) is 10.5 Å². The van der Waals surface area contributed by atoms with Crippen LogP contribution in [0.25, 0.3) is 0 Å². The van der Waals surface area contributed by atoms with Gasteiger partial charge >= 0.3 is 14.1 Å². The van der Waals surface area contributed by atoms with Crippen LogP contribution in [0.1, 0.15) is 22.3 Å². The lowest BCUT2D eigenvalue weighted by molar-refractivity contribution is 0.0222. The van der Waals surface area contributed by atoms with Gasteiger partial charge in [-0.1, -0.05) is 145 Å². The molecule has 4 heterocycles. The topological polar surface area (TPSA) is 177 Å². The van der Waals surface area contributed by atoms with Crippen molar-refractivity contribution >= 4 is 70.5 Å². The van der Waals surface area contributed by atoms with E-state index in [0.29, 0.717) is 45.8 Å². The minimum atomic E-state index is -4.67. The van der Waals surface area contributed by atoms with E-state index in [-0.39, 0.29) is 42.7 Å². The lowest BCUT2D eigenvalue weighted by atomic mass is 10.00. The van der Waals surface area contributed by atoms with Gasteiger partial charge in [-0.05, 0) is 0 Å². The molecule has 8 rings (SSSR count). The summed E-state index contributed by atoms with van der Waals surface area (Å²) < 4.78 is 66.7. The Kier molecular flexibility index (Phi) is 10.4. The molecule has 266 valence electrons. The molecule has 14 nitrogen and oxygen atoms in total. The second-order valence-electron chi connectivity index (χ2n) is 10.8. The zero-order chi connectivity index (χ0) is 37.4. The summed E-state index contributed by atoms with van der Waals surface area (Å²) in [6.07, 6.45) is 0. The molecule has 4 aliphatic rings. The normalized spacial score (nSPS) is 27.3. The fourth-order valence-corrected chi connectivity index (χ4v) is 6.41. The second kappa shape index (κ2) is 15.8. The molecule has 0 N–H and O–H groups in total. The van der Waals surface area contributed by atoms with Crippen LogP contribution in [0.15, 0.2) is 162 Å². The molecule has 0 amide bonds. The second-order valence-corrected chi connectivity index (χ2v) is 12.8. The van der Waals surface area contributed by atoms with Crippen LogP contribution in [0.4, 0.5) is 8.63 Å². The summed E-state index contributed by atoms with van der Waals surface area (Å²) in [5.41, 5.74) is 0.426. The highest BCUT2D eigenvalue weighted by atomic mass is 32.2. The molecule has 0 aromatic heterocycles. The molecule has 0 spiro atoms. The maximum absolute atomic E-state index is 17.2. The van der Waals surface area contributed by atoms with E-state index in [1.165, 1.54) is 0 Å². The van der Waals surface area contributed by atoms with Crippen molar-refractivity contribution in [2.24, 2.45) is 30.9 Å². The Morgan fingerprint density at radius 1 is 0.407 bits per heavy atom. The number of nitriles is 2. The molecule has 2 bridgehead atoms. The van der Waals surface area contributed by atoms with Crippen LogP contribution in [-0.2, 0) is 28.5 Å². The highest BCUT2D eigenvalue weighted by Gasteiger charge is 2.45. The van der Waals surface area contributed by atoms with Crippen LogP contribution in [-0.4, -0.2) is 47.0 Å². The Morgan fingerprint density at radius 3 is 0.889 bits per heavy atom. The van der Waals surface area contributed by atoms with Crippen LogP contribution in [0.3, 0.4) is 0 Å². The van der Waals surface area contributed by atoms with Crippen molar-refractivity contribution in [1.82, 2.24) is 0 Å². The van der Waals surface area contributed by atoms with E-state index in [9.17, 15) is 10.5 Å². The molecule has 0 saturated carbocycles. The third kappa shape index (κ3) is 7.94. The van der Waals surface area contributed by atoms with E-state index in [4.69, 9.17) is 28.5 Å². The molecular formula is C34H20B2F2N8O6S2-2. The van der Waals surface area contributed by atoms with E-state index in [2.05, 4.69) is 30.9 Å². The molecule has 4 aromatic carbocycles. The van der Waals surface area contributed by atoms with Crippen molar-refractivity contribution in [2.75, 3.05) is 0 Å². The first-order chi connectivity index (χ1) is 26.4. The standard InChI is InChI=1S/C34H20B2F2N8O6S2/c37-35-47-41-29(23-13-5-1-6-14-23)30(24-15-7-2-8-16-24)42-48-36(38,52-46-34-33(45-51-35)53-27(21-39)28(22-40)54-34)50-44-32(26-19-11-4-12-20-26)31(43-49-35)25-17-9-3-10-18-25/h1-20H/q-2/b41-29-,42-30+,43-31-,44-32+,45-33-,46-34+. The molecule has 0 saturated heterocycles. The zero-order valence-electron chi connectivity index (χ0n) is 27.3. The molecule has 54 heavy (non-hydrogen) atoms. The number of fused-ring (bicyclic) bond motifs is 8. The number of nitrogens with zero attached hydrogens (tertiary/aromatic N) is 8. The SMILES string of the molecule is N#CC1=C(C#N)SC2=N/O[B-]3(F)O/N=C(c4ccccc4)/C(c4ccccc4)=N\O[B-](F)(O\N=C\2S1)O/N=C(c1ccccc1)\C(c1ccccc1)=N\O3. The largest absolute Gasteiger partial charge is 0.812 e. The van der Waals surface area contributed by atoms with Crippen LogP contribution in [0, 0.1) is 22.7 Å². The summed E-state index contributed by atoms with van der Waals surface area (Å²) in [5.74, 6) is 0. The fraction of sp³-hybridized carbons (Fsp3) is 0. The quantitative estimate of drug-likeness (QED) is 0.199. The highest BCUT2D eigenvalue weighted by molar-refractivity contribution is 8.31. The Morgan fingerprint density at radius 2 is 0.648 bits per heavy atom. The van der Waals surface area contributed by atoms with Crippen molar-refractivity contribution in [3.63, 3.8) is 0 Å². The number of halogens is 2. The number of hydrogen-bond donors (Lipinski definition) is 0. The first-order valence-corrected chi connectivity index (χ1v) is 17.3. The van der Waals surface area contributed by atoms with Gasteiger partial charge in [-0.2, -0.15) is 10.5 Å². The Balaban J connectivity index is 1.50. The zero-order valence-corrected chi connectivity index (χ0v) is 28.9. The van der Waals surface area contributed by atoms with Crippen LogP contribution >= 0.6 is 23.5 Å². The van der Waals surface area contributed by atoms with Crippen LogP contribution < -0.4 is 0 Å². The monoisotopic (exact) mass is 760 g/mol. The molecule has 0 aliphatic carbocycles. The van der Waals surface area contributed by atoms with Crippen molar-refractivity contribution in [3.05, 3.63) is 153 Å². The summed E-state index contributed by atoms with van der Waals surface area (Å²) in [7, 11) is -9.34. The van der Waals surface area contributed by atoms with E-state index in [1.807, 2.05) is 12.1 Å². The fourth-order valence-electron chi connectivity index (χ4n) is 4.75. The van der Waals surface area contributed by atoms with Gasteiger partial charge < -0.3 is 37.2 Å². The van der Waals surface area contributed by atoms with E-state index < -0.39 is 14.1 Å². The third-order valence-corrected chi connectivity index (χ3v) is 9.41. The van der Waals surface area contributed by atoms with Gasteiger partial charge in [0.05, 0.1) is 0 Å². The van der Waals surface area contributed by atoms with Gasteiger partial charge in [0.1, 0.15) is 44.8 Å². The lowest BCUT2D eigenvalue weighted by Gasteiger charge is -2.30. The molecular weight excluding hydrogens is 740 g/mol. The summed E-state index contributed by atoms with van der Waals surface area (Å²) in [4.78, 5) is -0.311. The molecule has 0 radical (unpaired) electrons. The molecule has 0 unspecified atom stereocenters. The van der Waals surface area contributed by atoms with E-state index >= 15 is 8.63 Å². The number of oxime groups is 6. The molecule has 0 atom stereocenters. The predicted octanol–water partition coefficient (Wildman–Crippen LogP) is 6.91. The first-order valence-electron chi connectivity index (χ1n) is 15.7. The summed E-state index contributed by atoms with van der Waals surface area (Å²) in [6, 6.07) is 36.6.